The van der Waals surface area contributed by atoms with Gasteiger partial charge in [0.05, 0.1) is 0 Å². The van der Waals surface area contributed by atoms with Gasteiger partial charge in [0, 0.05) is 26.1 Å². The van der Waals surface area contributed by atoms with Gasteiger partial charge >= 0.3 is 6.09 Å². The summed E-state index contributed by atoms with van der Waals surface area (Å²) < 4.78 is 0. The van der Waals surface area contributed by atoms with Crippen LogP contribution in [0.4, 0.5) is 4.79 Å². The normalized spacial score (nSPS) is 33.6. The third-order valence-electron chi connectivity index (χ3n) is 3.86. The number of ketones is 1. The van der Waals surface area contributed by atoms with Crippen LogP contribution in [-0.4, -0.2) is 70.1 Å². The molecule has 0 saturated carbocycles. The van der Waals surface area contributed by atoms with E-state index in [1.165, 1.54) is 9.96 Å². The van der Waals surface area contributed by atoms with Gasteiger partial charge in [0.15, 0.2) is 5.78 Å². The fourth-order valence-electron chi connectivity index (χ4n) is 2.84. The van der Waals surface area contributed by atoms with E-state index in [1.54, 1.807) is 14.0 Å². The maximum absolute atomic E-state index is 12.6. The Bertz CT molecular complexity index is 439. The second-order valence-electron chi connectivity index (χ2n) is 5.19. The average molecular weight is 285 g/mol. The lowest BCUT2D eigenvalue weighted by atomic mass is 9.88. The molecular formula is C12H19N3O5. The Balaban J connectivity index is 2.12. The number of carbonyl (C=O) groups is 2. The first-order valence-electron chi connectivity index (χ1n) is 6.58. The molecule has 1 amide bonds. The minimum Gasteiger partial charge on any atom is -0.465 e. The highest BCUT2D eigenvalue weighted by molar-refractivity contribution is 6.12. The first-order valence-corrected chi connectivity index (χ1v) is 6.58. The summed E-state index contributed by atoms with van der Waals surface area (Å²) >= 11 is 0. The van der Waals surface area contributed by atoms with Crippen LogP contribution in [0, 0.1) is 5.92 Å². The molecule has 2 N–H and O–H groups in total. The minimum atomic E-state index is -1.01. The number of likely N-dealkylation sites (N-methyl/N-ethyl adjacent to an activating group) is 1. The Labute approximate surface area is 116 Å². The van der Waals surface area contributed by atoms with E-state index in [2.05, 4.69) is 5.16 Å². The summed E-state index contributed by atoms with van der Waals surface area (Å²) in [6.07, 6.45) is -0.178. The van der Waals surface area contributed by atoms with Gasteiger partial charge < -0.3 is 15.2 Å². The minimum absolute atomic E-state index is 0.157. The fourth-order valence-corrected chi connectivity index (χ4v) is 2.84. The molecule has 3 unspecified atom stereocenters. The number of oxime groups is 1. The Morgan fingerprint density at radius 3 is 2.75 bits per heavy atom. The van der Waals surface area contributed by atoms with E-state index in [0.717, 1.165) is 0 Å². The number of likely N-dealkylation sites (tertiary alicyclic amines) is 1. The molecule has 0 aromatic heterocycles. The van der Waals surface area contributed by atoms with E-state index >= 15 is 0 Å². The van der Waals surface area contributed by atoms with Gasteiger partial charge in [0.2, 0.25) is 0 Å². The molecule has 3 atom stereocenters. The highest BCUT2D eigenvalue weighted by Crippen LogP contribution is 2.25. The van der Waals surface area contributed by atoms with Gasteiger partial charge in [-0.05, 0) is 19.8 Å². The first kappa shape index (κ1) is 14.7. The quantitative estimate of drug-likeness (QED) is 0.562. The van der Waals surface area contributed by atoms with Crippen LogP contribution in [0.3, 0.4) is 0 Å². The van der Waals surface area contributed by atoms with Gasteiger partial charge in [-0.3, -0.25) is 9.63 Å². The van der Waals surface area contributed by atoms with E-state index in [1.807, 2.05) is 0 Å². The van der Waals surface area contributed by atoms with Crippen LogP contribution in [0.15, 0.2) is 5.16 Å². The van der Waals surface area contributed by atoms with Crippen LogP contribution in [0.1, 0.15) is 19.8 Å². The summed E-state index contributed by atoms with van der Waals surface area (Å²) in [5.74, 6) is -0.548. The van der Waals surface area contributed by atoms with Crippen molar-refractivity contribution in [3.8, 4) is 0 Å². The Morgan fingerprint density at radius 2 is 2.15 bits per heavy atom. The number of Topliss-reactive ketones (excluding diaryl/α,β-unsaturated/α-hetero) is 1. The number of piperidine rings is 1. The number of hydroxylamine groups is 2. The summed E-state index contributed by atoms with van der Waals surface area (Å²) in [5, 5.41) is 22.6. The van der Waals surface area contributed by atoms with Crippen LogP contribution in [0.2, 0.25) is 0 Å². The maximum Gasteiger partial charge on any atom is 0.407 e. The number of amides is 1. The second kappa shape index (κ2) is 5.76. The van der Waals surface area contributed by atoms with Crippen molar-refractivity contribution in [2.75, 3.05) is 20.1 Å². The van der Waals surface area contributed by atoms with Crippen molar-refractivity contribution >= 4 is 17.6 Å². The Hall–Kier alpha value is -1.67. The molecule has 20 heavy (non-hydrogen) atoms. The predicted octanol–water partition coefficient (Wildman–Crippen LogP) is 0.410. The molecular weight excluding hydrogens is 266 g/mol. The molecule has 2 heterocycles. The topological polar surface area (TPSA) is 103 Å². The zero-order valence-electron chi connectivity index (χ0n) is 11.5. The van der Waals surface area contributed by atoms with Gasteiger partial charge in [-0.25, -0.2) is 4.79 Å². The third kappa shape index (κ3) is 2.61. The number of rotatable bonds is 2. The number of hydrogen-bond acceptors (Lipinski definition) is 6. The van der Waals surface area contributed by atoms with E-state index in [4.69, 9.17) is 15.2 Å². The Kier molecular flexibility index (Phi) is 4.24. The average Bonchev–Trinajstić information content (AvgIpc) is 2.71. The van der Waals surface area contributed by atoms with E-state index in [-0.39, 0.29) is 18.0 Å². The molecule has 2 rings (SSSR count). The largest absolute Gasteiger partial charge is 0.465 e. The van der Waals surface area contributed by atoms with Crippen LogP contribution in [-0.2, 0) is 9.63 Å². The van der Waals surface area contributed by atoms with Crippen molar-refractivity contribution in [1.82, 2.24) is 9.96 Å². The monoisotopic (exact) mass is 285 g/mol. The lowest BCUT2D eigenvalue weighted by Gasteiger charge is -2.31. The van der Waals surface area contributed by atoms with Crippen molar-refractivity contribution in [3.05, 3.63) is 0 Å². The van der Waals surface area contributed by atoms with Gasteiger partial charge in [-0.2, -0.15) is 5.06 Å². The highest BCUT2D eigenvalue weighted by Gasteiger charge is 2.44. The van der Waals surface area contributed by atoms with Crippen LogP contribution in [0.5, 0.6) is 0 Å². The van der Waals surface area contributed by atoms with Gasteiger partial charge in [-0.1, -0.05) is 5.16 Å². The molecule has 0 aromatic rings. The summed E-state index contributed by atoms with van der Waals surface area (Å²) in [7, 11) is 1.61. The zero-order valence-corrected chi connectivity index (χ0v) is 11.5. The summed E-state index contributed by atoms with van der Waals surface area (Å²) in [6.45, 7) is 2.34. The molecule has 112 valence electrons. The molecule has 8 nitrogen and oxygen atoms in total. The van der Waals surface area contributed by atoms with E-state index in [0.29, 0.717) is 19.4 Å². The SMILES string of the molecule is CC1ON(C)C(C(=O)C2CCCN(C(=O)O)C2)C1=NO. The molecule has 0 aliphatic carbocycles. The molecule has 0 radical (unpaired) electrons. The van der Waals surface area contributed by atoms with Crippen LogP contribution in [0.25, 0.3) is 0 Å². The number of carbonyl (C=O) groups excluding carboxylic acids is 1. The van der Waals surface area contributed by atoms with Crippen LogP contribution >= 0.6 is 0 Å². The van der Waals surface area contributed by atoms with Crippen molar-refractivity contribution in [1.29, 1.82) is 0 Å². The van der Waals surface area contributed by atoms with Crippen LogP contribution < -0.4 is 0 Å². The van der Waals surface area contributed by atoms with Gasteiger partial charge in [0.25, 0.3) is 0 Å². The molecule has 2 aliphatic rings. The molecule has 0 spiro atoms. The Morgan fingerprint density at radius 1 is 1.45 bits per heavy atom. The molecule has 2 fully saturated rings. The summed E-state index contributed by atoms with van der Waals surface area (Å²) in [6, 6.07) is -0.742. The van der Waals surface area contributed by atoms with E-state index in [9.17, 15) is 9.59 Å². The van der Waals surface area contributed by atoms with Gasteiger partial charge in [-0.15, -0.1) is 0 Å². The smallest absolute Gasteiger partial charge is 0.407 e. The molecule has 0 bridgehead atoms. The molecule has 8 heteroatoms. The molecule has 2 aliphatic heterocycles. The standard InChI is InChI=1S/C12H19N3O5/c1-7-9(13-19)10(14(2)20-7)11(16)8-4-3-5-15(6-8)12(17)18/h7-8,10,19H,3-6H2,1-2H3,(H,17,18). The third-order valence-corrected chi connectivity index (χ3v) is 3.86. The fraction of sp³-hybridized carbons (Fsp3) is 0.750. The summed E-state index contributed by atoms with van der Waals surface area (Å²) in [4.78, 5) is 30.2. The second-order valence-corrected chi connectivity index (χ2v) is 5.19. The van der Waals surface area contributed by atoms with E-state index < -0.39 is 24.2 Å². The molecule has 0 aromatic carbocycles. The first-order chi connectivity index (χ1) is 9.45. The van der Waals surface area contributed by atoms with Gasteiger partial charge in [0.1, 0.15) is 17.9 Å². The number of hydrogen-bond donors (Lipinski definition) is 2. The maximum atomic E-state index is 12.6. The summed E-state index contributed by atoms with van der Waals surface area (Å²) in [5.41, 5.74) is 0.268. The number of carboxylic acid groups (broad SMARTS) is 1. The lowest BCUT2D eigenvalue weighted by Crippen LogP contribution is -2.48. The molecule has 2 saturated heterocycles. The van der Waals surface area contributed by atoms with Crippen molar-refractivity contribution < 1.29 is 24.7 Å². The zero-order chi connectivity index (χ0) is 14.9. The predicted molar refractivity (Wildman–Crippen MR) is 68.6 cm³/mol. The number of nitrogens with zero attached hydrogens (tertiary/aromatic N) is 3. The lowest BCUT2D eigenvalue weighted by molar-refractivity contribution is -0.155. The van der Waals surface area contributed by atoms with Crippen molar-refractivity contribution in [2.45, 2.75) is 31.9 Å². The highest BCUT2D eigenvalue weighted by atomic mass is 16.7. The van der Waals surface area contributed by atoms with Crippen molar-refractivity contribution in [3.63, 3.8) is 0 Å². The van der Waals surface area contributed by atoms with Crippen molar-refractivity contribution in [2.24, 2.45) is 11.1 Å².